The summed E-state index contributed by atoms with van der Waals surface area (Å²) in [5, 5.41) is 3.24. The fourth-order valence-electron chi connectivity index (χ4n) is 6.83. The molecule has 4 aliphatic rings. The van der Waals surface area contributed by atoms with Gasteiger partial charge in [-0.05, 0) is 94.6 Å². The molecule has 1 aliphatic carbocycles. The van der Waals surface area contributed by atoms with E-state index in [9.17, 15) is 9.59 Å². The van der Waals surface area contributed by atoms with Crippen LogP contribution < -0.4 is 20.0 Å². The zero-order chi connectivity index (χ0) is 26.4. The highest BCUT2D eigenvalue weighted by Gasteiger charge is 2.41. The van der Waals surface area contributed by atoms with E-state index in [0.717, 1.165) is 86.7 Å². The number of pyridine rings is 1. The highest BCUT2D eigenvalue weighted by Crippen LogP contribution is 2.42. The molecule has 4 heterocycles. The second kappa shape index (κ2) is 10.2. The lowest BCUT2D eigenvalue weighted by Gasteiger charge is -2.44. The molecular formula is C30H40N6O2. The minimum Gasteiger partial charge on any atom is -0.349 e. The van der Waals surface area contributed by atoms with Gasteiger partial charge in [0, 0.05) is 36.9 Å². The van der Waals surface area contributed by atoms with Crippen LogP contribution in [-0.2, 0) is 11.2 Å². The summed E-state index contributed by atoms with van der Waals surface area (Å²) in [6.45, 7) is 4.99. The molecule has 3 aliphatic heterocycles. The zero-order valence-corrected chi connectivity index (χ0v) is 22.9. The van der Waals surface area contributed by atoms with Crippen LogP contribution in [0, 0.1) is 0 Å². The monoisotopic (exact) mass is 516 g/mol. The standard InChI is InChI=1S/C30H40N6O2/c1-4-24-30(38)34(3)26-11-12-27(32-28(26)36(24)23-7-5-6-8-23)35-18-13-20-19-21(9-10-25(20)35)29(37)31-22-14-16-33(2)17-15-22/h9-12,19,22-24H,4-8,13-18H2,1-3H3,(H,31,37). The smallest absolute Gasteiger partial charge is 0.251 e. The Kier molecular flexibility index (Phi) is 6.76. The Morgan fingerprint density at radius 2 is 1.74 bits per heavy atom. The number of carbonyl (C=O) groups excluding carboxylic acids is 2. The number of hydrogen-bond acceptors (Lipinski definition) is 6. The van der Waals surface area contributed by atoms with Crippen molar-refractivity contribution in [3.8, 4) is 0 Å². The fourth-order valence-corrected chi connectivity index (χ4v) is 6.83. The van der Waals surface area contributed by atoms with Crippen LogP contribution in [0.4, 0.5) is 23.0 Å². The first-order valence-corrected chi connectivity index (χ1v) is 14.4. The molecule has 2 aromatic rings. The number of benzene rings is 1. The average molecular weight is 517 g/mol. The van der Waals surface area contributed by atoms with Crippen molar-refractivity contribution >= 4 is 34.8 Å². The normalized spacial score (nSPS) is 22.7. The number of likely N-dealkylation sites (tertiary alicyclic amines) is 1. The second-order valence-corrected chi connectivity index (χ2v) is 11.5. The van der Waals surface area contributed by atoms with Crippen molar-refractivity contribution in [1.29, 1.82) is 0 Å². The molecule has 1 saturated carbocycles. The number of amides is 2. The van der Waals surface area contributed by atoms with Crippen LogP contribution in [0.3, 0.4) is 0 Å². The summed E-state index contributed by atoms with van der Waals surface area (Å²) in [4.78, 5) is 40.1. The van der Waals surface area contributed by atoms with Gasteiger partial charge < -0.3 is 24.9 Å². The topological polar surface area (TPSA) is 72.0 Å². The predicted molar refractivity (Wildman–Crippen MR) is 152 cm³/mol. The van der Waals surface area contributed by atoms with E-state index >= 15 is 0 Å². The molecule has 2 fully saturated rings. The summed E-state index contributed by atoms with van der Waals surface area (Å²) < 4.78 is 0. The van der Waals surface area contributed by atoms with Crippen LogP contribution in [0.2, 0.25) is 0 Å². The Morgan fingerprint density at radius 1 is 1.00 bits per heavy atom. The maximum atomic E-state index is 13.2. The van der Waals surface area contributed by atoms with Crippen molar-refractivity contribution in [2.45, 2.75) is 76.4 Å². The highest BCUT2D eigenvalue weighted by atomic mass is 16.2. The van der Waals surface area contributed by atoms with Gasteiger partial charge in [0.15, 0.2) is 5.82 Å². The third kappa shape index (κ3) is 4.42. The maximum Gasteiger partial charge on any atom is 0.251 e. The molecule has 2 amide bonds. The highest BCUT2D eigenvalue weighted by molar-refractivity contribution is 6.04. The van der Waals surface area contributed by atoms with Gasteiger partial charge in [0.05, 0.1) is 5.69 Å². The van der Waals surface area contributed by atoms with E-state index in [1.807, 2.05) is 19.2 Å². The van der Waals surface area contributed by atoms with Gasteiger partial charge in [-0.1, -0.05) is 19.8 Å². The largest absolute Gasteiger partial charge is 0.349 e. The third-order valence-corrected chi connectivity index (χ3v) is 9.07. The maximum absolute atomic E-state index is 13.2. The van der Waals surface area contributed by atoms with Crippen molar-refractivity contribution in [2.24, 2.45) is 0 Å². The van der Waals surface area contributed by atoms with Crippen LogP contribution in [0.5, 0.6) is 0 Å². The van der Waals surface area contributed by atoms with E-state index in [1.54, 1.807) is 4.90 Å². The molecule has 0 radical (unpaired) electrons. The molecule has 0 bridgehead atoms. The molecular weight excluding hydrogens is 476 g/mol. The summed E-state index contributed by atoms with van der Waals surface area (Å²) in [6, 6.07) is 10.6. The number of piperidine rings is 1. The summed E-state index contributed by atoms with van der Waals surface area (Å²) in [7, 11) is 4.01. The minimum absolute atomic E-state index is 0.0261. The summed E-state index contributed by atoms with van der Waals surface area (Å²) >= 11 is 0. The molecule has 1 saturated heterocycles. The minimum atomic E-state index is -0.158. The van der Waals surface area contributed by atoms with Crippen LogP contribution in [-0.4, -0.2) is 73.6 Å². The molecule has 6 rings (SSSR count). The number of likely N-dealkylation sites (N-methyl/N-ethyl adjacent to an activating group) is 1. The number of anilines is 4. The number of hydrogen-bond donors (Lipinski definition) is 1. The van der Waals surface area contributed by atoms with Crippen LogP contribution in [0.15, 0.2) is 30.3 Å². The summed E-state index contributed by atoms with van der Waals surface area (Å²) in [6.07, 6.45) is 8.33. The Hall–Kier alpha value is -3.13. The number of fused-ring (bicyclic) bond motifs is 2. The van der Waals surface area contributed by atoms with E-state index < -0.39 is 0 Å². The molecule has 8 nitrogen and oxygen atoms in total. The number of nitrogens with zero attached hydrogens (tertiary/aromatic N) is 5. The van der Waals surface area contributed by atoms with Crippen molar-refractivity contribution < 1.29 is 9.59 Å². The number of carbonyl (C=O) groups is 2. The van der Waals surface area contributed by atoms with E-state index in [0.29, 0.717) is 6.04 Å². The first-order chi connectivity index (χ1) is 18.4. The first kappa shape index (κ1) is 25.2. The van der Waals surface area contributed by atoms with E-state index in [-0.39, 0.29) is 23.9 Å². The van der Waals surface area contributed by atoms with Gasteiger partial charge in [-0.25, -0.2) is 4.98 Å². The average Bonchev–Trinajstić information content (AvgIpc) is 3.61. The number of rotatable bonds is 5. The molecule has 0 spiro atoms. The summed E-state index contributed by atoms with van der Waals surface area (Å²) in [5.41, 5.74) is 3.94. The predicted octanol–water partition coefficient (Wildman–Crippen LogP) is 4.10. The van der Waals surface area contributed by atoms with Crippen molar-refractivity contribution in [3.05, 3.63) is 41.5 Å². The van der Waals surface area contributed by atoms with Crippen LogP contribution >= 0.6 is 0 Å². The van der Waals surface area contributed by atoms with Gasteiger partial charge in [-0.2, -0.15) is 0 Å². The zero-order valence-electron chi connectivity index (χ0n) is 22.9. The van der Waals surface area contributed by atoms with Gasteiger partial charge in [-0.15, -0.1) is 0 Å². The Labute approximate surface area is 226 Å². The fraction of sp³-hybridized carbons (Fsp3) is 0.567. The van der Waals surface area contributed by atoms with E-state index in [1.165, 1.54) is 18.4 Å². The van der Waals surface area contributed by atoms with Gasteiger partial charge in [0.2, 0.25) is 5.91 Å². The Bertz CT molecular complexity index is 1220. The van der Waals surface area contributed by atoms with Crippen LogP contribution in [0.25, 0.3) is 0 Å². The number of nitrogens with one attached hydrogen (secondary N) is 1. The lowest BCUT2D eigenvalue weighted by Crippen LogP contribution is -2.55. The van der Waals surface area contributed by atoms with Gasteiger partial charge >= 0.3 is 0 Å². The van der Waals surface area contributed by atoms with Gasteiger partial charge in [0.25, 0.3) is 5.91 Å². The molecule has 1 unspecified atom stereocenters. The van der Waals surface area contributed by atoms with E-state index in [2.05, 4.69) is 52.2 Å². The van der Waals surface area contributed by atoms with Crippen molar-refractivity contribution in [1.82, 2.24) is 15.2 Å². The molecule has 38 heavy (non-hydrogen) atoms. The van der Waals surface area contributed by atoms with E-state index in [4.69, 9.17) is 4.98 Å². The summed E-state index contributed by atoms with van der Waals surface area (Å²) in [5.74, 6) is 2.04. The van der Waals surface area contributed by atoms with Crippen molar-refractivity contribution in [3.63, 3.8) is 0 Å². The Balaban J connectivity index is 1.26. The quantitative estimate of drug-likeness (QED) is 0.645. The van der Waals surface area contributed by atoms with Gasteiger partial charge in [0.1, 0.15) is 11.9 Å². The molecule has 1 atom stereocenters. The Morgan fingerprint density at radius 3 is 2.47 bits per heavy atom. The molecule has 1 aromatic carbocycles. The molecule has 202 valence electrons. The second-order valence-electron chi connectivity index (χ2n) is 11.5. The first-order valence-electron chi connectivity index (χ1n) is 14.4. The van der Waals surface area contributed by atoms with Crippen molar-refractivity contribution in [2.75, 3.05) is 48.4 Å². The molecule has 1 aromatic heterocycles. The number of aromatic nitrogens is 1. The van der Waals surface area contributed by atoms with Crippen LogP contribution in [0.1, 0.15) is 67.8 Å². The SMILES string of the molecule is CCC1C(=O)N(C)c2ccc(N3CCc4cc(C(=O)NC5CCN(C)CC5)ccc43)nc2N1C1CCCC1. The molecule has 1 N–H and O–H groups in total. The third-order valence-electron chi connectivity index (χ3n) is 9.07. The van der Waals surface area contributed by atoms with Gasteiger partial charge in [-0.3, -0.25) is 9.59 Å². The molecule has 8 heteroatoms. The lowest BCUT2D eigenvalue weighted by atomic mass is 10.0. The lowest BCUT2D eigenvalue weighted by molar-refractivity contribution is -0.120.